The number of nitrogens with one attached hydrogen (secondary N) is 1. The molecule has 36 heavy (non-hydrogen) atoms. The highest BCUT2D eigenvalue weighted by Crippen LogP contribution is 2.26. The highest BCUT2D eigenvalue weighted by molar-refractivity contribution is 6.48. The van der Waals surface area contributed by atoms with Crippen molar-refractivity contribution in [2.45, 2.75) is 6.42 Å². The zero-order valence-corrected chi connectivity index (χ0v) is 19.9. The first-order valence-corrected chi connectivity index (χ1v) is 11.8. The molecule has 1 N–H and O–H groups in total. The largest absolute Gasteiger partial charge is 0.423 e. The molecule has 0 fully saturated rings. The fourth-order valence-corrected chi connectivity index (χ4v) is 4.20. The van der Waals surface area contributed by atoms with E-state index in [1.807, 2.05) is 66.7 Å². The lowest BCUT2D eigenvalue weighted by molar-refractivity contribution is -0.137. The molecule has 1 aliphatic heterocycles. The molecule has 4 aromatic carbocycles. The number of carbonyl (C=O) groups is 3. The van der Waals surface area contributed by atoms with Crippen LogP contribution in [-0.4, -0.2) is 29.2 Å². The van der Waals surface area contributed by atoms with Crippen molar-refractivity contribution in [3.63, 3.8) is 0 Å². The van der Waals surface area contributed by atoms with Crippen LogP contribution in [0.3, 0.4) is 0 Å². The lowest BCUT2D eigenvalue weighted by Crippen LogP contribution is -2.34. The van der Waals surface area contributed by atoms with Gasteiger partial charge in [-0.15, -0.1) is 0 Å². The van der Waals surface area contributed by atoms with Gasteiger partial charge in [0.2, 0.25) is 0 Å². The van der Waals surface area contributed by atoms with E-state index in [9.17, 15) is 14.4 Å². The number of ether oxygens (including phenoxy) is 1. The first kappa shape index (κ1) is 23.3. The molecule has 1 aliphatic rings. The van der Waals surface area contributed by atoms with E-state index in [0.29, 0.717) is 23.4 Å². The number of rotatable bonds is 7. The Balaban J connectivity index is 1.23. The summed E-state index contributed by atoms with van der Waals surface area (Å²) < 4.78 is 5.51. The predicted octanol–water partition coefficient (Wildman–Crippen LogP) is 5.53. The van der Waals surface area contributed by atoms with Crippen LogP contribution < -0.4 is 10.1 Å². The van der Waals surface area contributed by atoms with Gasteiger partial charge in [-0.1, -0.05) is 72.3 Å². The molecule has 0 unspecified atom stereocenters. The molecule has 1 heterocycles. The molecular formula is C29H21ClN2O4. The van der Waals surface area contributed by atoms with Gasteiger partial charge in [0, 0.05) is 12.2 Å². The third-order valence-electron chi connectivity index (χ3n) is 5.90. The minimum Gasteiger partial charge on any atom is -0.423 e. The van der Waals surface area contributed by atoms with Crippen LogP contribution in [0.15, 0.2) is 108 Å². The Morgan fingerprint density at radius 3 is 2.25 bits per heavy atom. The molecule has 178 valence electrons. The first-order chi connectivity index (χ1) is 17.5. The van der Waals surface area contributed by atoms with Crippen LogP contribution in [0.5, 0.6) is 5.75 Å². The van der Waals surface area contributed by atoms with Crippen LogP contribution in [0.25, 0.3) is 10.8 Å². The summed E-state index contributed by atoms with van der Waals surface area (Å²) in [6.45, 7) is 0.225. The third kappa shape index (κ3) is 4.85. The number of nitrogens with zero attached hydrogens (tertiary/aromatic N) is 1. The molecule has 0 aliphatic carbocycles. The van der Waals surface area contributed by atoms with Gasteiger partial charge in [-0.3, -0.25) is 14.5 Å². The number of benzene rings is 4. The van der Waals surface area contributed by atoms with Crippen LogP contribution in [0.4, 0.5) is 5.69 Å². The summed E-state index contributed by atoms with van der Waals surface area (Å²) in [5, 5.41) is 4.79. The summed E-state index contributed by atoms with van der Waals surface area (Å²) in [6.07, 6.45) is 0.532. The van der Waals surface area contributed by atoms with E-state index in [4.69, 9.17) is 16.3 Å². The summed E-state index contributed by atoms with van der Waals surface area (Å²) in [5.74, 6) is -1.08. The molecule has 5 rings (SSSR count). The van der Waals surface area contributed by atoms with Crippen LogP contribution in [0, 0.1) is 0 Å². The van der Waals surface area contributed by atoms with Gasteiger partial charge >= 0.3 is 5.97 Å². The number of hydrogen-bond donors (Lipinski definition) is 1. The second kappa shape index (κ2) is 10.1. The summed E-state index contributed by atoms with van der Waals surface area (Å²) in [6, 6.07) is 29.3. The maximum absolute atomic E-state index is 12.8. The summed E-state index contributed by atoms with van der Waals surface area (Å²) >= 11 is 6.19. The molecule has 0 saturated heterocycles. The topological polar surface area (TPSA) is 75.7 Å². The molecule has 4 aromatic rings. The molecule has 0 radical (unpaired) electrons. The van der Waals surface area contributed by atoms with Crippen molar-refractivity contribution in [1.82, 2.24) is 4.90 Å². The van der Waals surface area contributed by atoms with Crippen molar-refractivity contribution in [1.29, 1.82) is 0 Å². The van der Waals surface area contributed by atoms with E-state index in [0.717, 1.165) is 21.2 Å². The summed E-state index contributed by atoms with van der Waals surface area (Å²) in [5.41, 5.74) is 1.88. The highest BCUT2D eigenvalue weighted by atomic mass is 35.5. The van der Waals surface area contributed by atoms with Gasteiger partial charge in [-0.2, -0.15) is 0 Å². The molecule has 0 saturated carbocycles. The minimum atomic E-state index is -0.532. The Labute approximate surface area is 212 Å². The maximum atomic E-state index is 12.8. The standard InChI is InChI=1S/C29H21ClN2O4/c30-25-26(28(34)32(27(25)33)17-16-19-6-2-1-3-7-19)31-23-13-10-21(11-14-23)29(35)36-24-15-12-20-8-4-5-9-22(20)18-24/h1-15,18,31H,16-17H2. The van der Waals surface area contributed by atoms with E-state index in [1.54, 1.807) is 30.3 Å². The fourth-order valence-electron chi connectivity index (χ4n) is 3.97. The lowest BCUT2D eigenvalue weighted by Gasteiger charge is -2.15. The molecule has 0 spiro atoms. The number of anilines is 1. The van der Waals surface area contributed by atoms with Crippen molar-refractivity contribution < 1.29 is 19.1 Å². The van der Waals surface area contributed by atoms with Crippen LogP contribution in [0.2, 0.25) is 0 Å². The van der Waals surface area contributed by atoms with E-state index < -0.39 is 17.8 Å². The Kier molecular flexibility index (Phi) is 6.52. The number of esters is 1. The normalized spacial score (nSPS) is 13.4. The lowest BCUT2D eigenvalue weighted by atomic mass is 10.1. The Bertz CT molecular complexity index is 1500. The number of fused-ring (bicyclic) bond motifs is 1. The summed E-state index contributed by atoms with van der Waals surface area (Å²) in [4.78, 5) is 39.1. The smallest absolute Gasteiger partial charge is 0.343 e. The Morgan fingerprint density at radius 2 is 1.50 bits per heavy atom. The minimum absolute atomic E-state index is 0.0150. The average Bonchev–Trinajstić information content (AvgIpc) is 3.11. The average molecular weight is 497 g/mol. The number of hydrogen-bond acceptors (Lipinski definition) is 5. The summed E-state index contributed by atoms with van der Waals surface area (Å²) in [7, 11) is 0. The van der Waals surface area contributed by atoms with Crippen LogP contribution >= 0.6 is 11.6 Å². The van der Waals surface area contributed by atoms with E-state index >= 15 is 0 Å². The van der Waals surface area contributed by atoms with Crippen molar-refractivity contribution >= 4 is 45.8 Å². The number of imide groups is 1. The monoisotopic (exact) mass is 496 g/mol. The number of halogens is 1. The zero-order valence-electron chi connectivity index (χ0n) is 19.1. The van der Waals surface area contributed by atoms with E-state index in [2.05, 4.69) is 5.32 Å². The maximum Gasteiger partial charge on any atom is 0.343 e. The van der Waals surface area contributed by atoms with Gasteiger partial charge < -0.3 is 10.1 Å². The van der Waals surface area contributed by atoms with Crippen LogP contribution in [-0.2, 0) is 16.0 Å². The molecule has 7 heteroatoms. The van der Waals surface area contributed by atoms with Crippen LogP contribution in [0.1, 0.15) is 15.9 Å². The van der Waals surface area contributed by atoms with Crippen molar-refractivity contribution in [2.75, 3.05) is 11.9 Å². The van der Waals surface area contributed by atoms with Gasteiger partial charge in [0.1, 0.15) is 16.5 Å². The van der Waals surface area contributed by atoms with Gasteiger partial charge in [0.05, 0.1) is 5.56 Å². The SMILES string of the molecule is O=C(Oc1ccc2ccccc2c1)c1ccc(NC2=C(Cl)C(=O)N(CCc3ccccc3)C2=O)cc1. The Morgan fingerprint density at radius 1 is 0.806 bits per heavy atom. The second-order valence-electron chi connectivity index (χ2n) is 8.29. The van der Waals surface area contributed by atoms with Gasteiger partial charge in [0.25, 0.3) is 11.8 Å². The first-order valence-electron chi connectivity index (χ1n) is 11.4. The van der Waals surface area contributed by atoms with Gasteiger partial charge in [-0.05, 0) is 59.2 Å². The van der Waals surface area contributed by atoms with Gasteiger partial charge in [-0.25, -0.2) is 4.79 Å². The highest BCUT2D eigenvalue weighted by Gasteiger charge is 2.37. The fraction of sp³-hybridized carbons (Fsp3) is 0.0690. The van der Waals surface area contributed by atoms with E-state index in [-0.39, 0.29) is 17.3 Å². The molecule has 0 atom stereocenters. The van der Waals surface area contributed by atoms with Gasteiger partial charge in [0.15, 0.2) is 0 Å². The zero-order chi connectivity index (χ0) is 25.1. The second-order valence-corrected chi connectivity index (χ2v) is 8.67. The quantitative estimate of drug-likeness (QED) is 0.207. The number of amides is 2. The van der Waals surface area contributed by atoms with Crippen molar-refractivity contribution in [3.8, 4) is 5.75 Å². The molecule has 6 nitrogen and oxygen atoms in total. The molecule has 0 bridgehead atoms. The number of carbonyl (C=O) groups excluding carboxylic acids is 3. The third-order valence-corrected chi connectivity index (χ3v) is 6.25. The van der Waals surface area contributed by atoms with E-state index in [1.165, 1.54) is 0 Å². The molecule has 2 amide bonds. The Hall–Kier alpha value is -4.42. The molecular weight excluding hydrogens is 476 g/mol. The molecule has 0 aromatic heterocycles. The van der Waals surface area contributed by atoms with Crippen molar-refractivity contribution in [3.05, 3.63) is 119 Å². The predicted molar refractivity (Wildman–Crippen MR) is 139 cm³/mol. The van der Waals surface area contributed by atoms with Crippen molar-refractivity contribution in [2.24, 2.45) is 0 Å².